The van der Waals surface area contributed by atoms with Crippen LogP contribution in [0.4, 0.5) is 0 Å². The lowest BCUT2D eigenvalue weighted by Crippen LogP contribution is -2.39. The number of hydrogen-bond acceptors (Lipinski definition) is 4. The summed E-state index contributed by atoms with van der Waals surface area (Å²) in [5.41, 5.74) is 3.43. The molecule has 2 aromatic carbocycles. The summed E-state index contributed by atoms with van der Waals surface area (Å²) in [6, 6.07) is 18.6. The molecule has 4 rings (SSSR count). The second kappa shape index (κ2) is 9.43. The fourth-order valence-electron chi connectivity index (χ4n) is 4.18. The largest absolute Gasteiger partial charge is 0.486 e. The molecule has 4 nitrogen and oxygen atoms in total. The van der Waals surface area contributed by atoms with Crippen LogP contribution >= 0.6 is 11.3 Å². The number of aromatic nitrogens is 1. The summed E-state index contributed by atoms with van der Waals surface area (Å²) in [6.07, 6.45) is 5.03. The highest BCUT2D eigenvalue weighted by molar-refractivity contribution is 7.09. The van der Waals surface area contributed by atoms with Gasteiger partial charge >= 0.3 is 0 Å². The third-order valence-corrected chi connectivity index (χ3v) is 6.77. The highest BCUT2D eigenvalue weighted by atomic mass is 32.1. The normalized spacial score (nSPS) is 15.1. The molecule has 1 heterocycles. The fraction of sp³-hybridized carbons (Fsp3) is 0.360. The second-order valence-electron chi connectivity index (χ2n) is 8.14. The third kappa shape index (κ3) is 5.08. The van der Waals surface area contributed by atoms with E-state index in [2.05, 4.69) is 41.5 Å². The van der Waals surface area contributed by atoms with Gasteiger partial charge in [0.25, 0.3) is 0 Å². The van der Waals surface area contributed by atoms with Crippen molar-refractivity contribution in [3.8, 4) is 5.75 Å². The van der Waals surface area contributed by atoms with E-state index in [1.807, 2.05) is 35.7 Å². The number of ether oxygens (including phenoxy) is 1. The number of carbonyl (C=O) groups excluding carboxylic acids is 1. The summed E-state index contributed by atoms with van der Waals surface area (Å²) < 4.78 is 5.79. The average molecular weight is 421 g/mol. The second-order valence-corrected chi connectivity index (χ2v) is 9.08. The number of carbonyl (C=O) groups is 1. The van der Waals surface area contributed by atoms with Gasteiger partial charge in [-0.25, -0.2) is 4.98 Å². The number of rotatable bonds is 8. The monoisotopic (exact) mass is 420 g/mol. The van der Waals surface area contributed by atoms with Crippen LogP contribution in [0.25, 0.3) is 0 Å². The van der Waals surface area contributed by atoms with Crippen LogP contribution in [0, 0.1) is 6.92 Å². The lowest BCUT2D eigenvalue weighted by atomic mass is 9.79. The van der Waals surface area contributed by atoms with E-state index in [0.717, 1.165) is 29.3 Å². The van der Waals surface area contributed by atoms with Crippen LogP contribution in [-0.4, -0.2) is 17.4 Å². The van der Waals surface area contributed by atoms with Crippen LogP contribution in [0.2, 0.25) is 0 Å². The van der Waals surface area contributed by atoms with Gasteiger partial charge in [0.2, 0.25) is 5.91 Å². The molecule has 1 saturated carbocycles. The SMILES string of the molecule is Cc1ccc(OCc2nc(CC(=O)NCC3(c4ccccc4)CCCC3)cs2)cc1. The Bertz CT molecular complexity index is 960. The van der Waals surface area contributed by atoms with Gasteiger partial charge in [-0.2, -0.15) is 0 Å². The lowest BCUT2D eigenvalue weighted by Gasteiger charge is -2.30. The molecule has 1 aromatic heterocycles. The van der Waals surface area contributed by atoms with Crippen molar-refractivity contribution in [1.82, 2.24) is 10.3 Å². The van der Waals surface area contributed by atoms with Crippen LogP contribution in [-0.2, 0) is 23.2 Å². The number of thiazole rings is 1. The van der Waals surface area contributed by atoms with Crippen molar-refractivity contribution in [2.75, 3.05) is 6.54 Å². The molecule has 1 N–H and O–H groups in total. The first-order valence-corrected chi connectivity index (χ1v) is 11.5. The molecule has 1 aliphatic carbocycles. The maximum atomic E-state index is 12.6. The van der Waals surface area contributed by atoms with E-state index in [1.54, 1.807) is 0 Å². The molecule has 0 unspecified atom stereocenters. The molecule has 0 aliphatic heterocycles. The van der Waals surface area contributed by atoms with E-state index in [-0.39, 0.29) is 11.3 Å². The third-order valence-electron chi connectivity index (χ3n) is 5.90. The van der Waals surface area contributed by atoms with Gasteiger partial charge in [0.05, 0.1) is 12.1 Å². The Hall–Kier alpha value is -2.66. The van der Waals surface area contributed by atoms with Crippen molar-refractivity contribution in [3.63, 3.8) is 0 Å². The van der Waals surface area contributed by atoms with Gasteiger partial charge < -0.3 is 10.1 Å². The van der Waals surface area contributed by atoms with E-state index < -0.39 is 0 Å². The first-order valence-electron chi connectivity index (χ1n) is 10.6. The Morgan fingerprint density at radius 1 is 1.10 bits per heavy atom. The molecule has 0 spiro atoms. The minimum atomic E-state index is 0.0357. The van der Waals surface area contributed by atoms with Gasteiger partial charge in [-0.15, -0.1) is 11.3 Å². The average Bonchev–Trinajstić information content (AvgIpc) is 3.43. The molecule has 1 fully saturated rings. The van der Waals surface area contributed by atoms with Crippen molar-refractivity contribution >= 4 is 17.2 Å². The molecule has 0 radical (unpaired) electrons. The van der Waals surface area contributed by atoms with Crippen LogP contribution in [0.5, 0.6) is 5.75 Å². The molecule has 5 heteroatoms. The number of aryl methyl sites for hydroxylation is 1. The summed E-state index contributed by atoms with van der Waals surface area (Å²) >= 11 is 1.54. The highest BCUT2D eigenvalue weighted by Gasteiger charge is 2.35. The van der Waals surface area contributed by atoms with Crippen molar-refractivity contribution in [2.45, 2.75) is 51.0 Å². The van der Waals surface area contributed by atoms with Gasteiger partial charge in [0.1, 0.15) is 17.4 Å². The zero-order chi connectivity index (χ0) is 20.8. The fourth-order valence-corrected chi connectivity index (χ4v) is 4.89. The number of amides is 1. The predicted octanol–water partition coefficient (Wildman–Crippen LogP) is 5.20. The van der Waals surface area contributed by atoms with E-state index >= 15 is 0 Å². The number of nitrogens with zero attached hydrogens (tertiary/aromatic N) is 1. The number of hydrogen-bond donors (Lipinski definition) is 1. The summed E-state index contributed by atoms with van der Waals surface area (Å²) in [5, 5.41) is 6.02. The van der Waals surface area contributed by atoms with Gasteiger partial charge in [-0.3, -0.25) is 4.79 Å². The molecular formula is C25H28N2O2S. The molecule has 156 valence electrons. The van der Waals surface area contributed by atoms with Crippen LogP contribution < -0.4 is 10.1 Å². The predicted molar refractivity (Wildman–Crippen MR) is 121 cm³/mol. The van der Waals surface area contributed by atoms with E-state index in [0.29, 0.717) is 19.6 Å². The van der Waals surface area contributed by atoms with Gasteiger partial charge in [0.15, 0.2) is 0 Å². The zero-order valence-electron chi connectivity index (χ0n) is 17.4. The van der Waals surface area contributed by atoms with Gasteiger partial charge in [-0.05, 0) is 37.5 Å². The smallest absolute Gasteiger partial charge is 0.226 e. The summed E-state index contributed by atoms with van der Waals surface area (Å²) in [5.74, 6) is 0.867. The Morgan fingerprint density at radius 2 is 1.83 bits per heavy atom. The van der Waals surface area contributed by atoms with Gasteiger partial charge in [-0.1, -0.05) is 60.9 Å². The summed E-state index contributed by atoms with van der Waals surface area (Å²) in [4.78, 5) is 17.2. The Labute approximate surface area is 182 Å². The maximum Gasteiger partial charge on any atom is 0.226 e. The molecular weight excluding hydrogens is 392 g/mol. The molecule has 1 amide bonds. The first-order chi connectivity index (χ1) is 14.6. The first kappa shape index (κ1) is 20.6. The Morgan fingerprint density at radius 3 is 2.57 bits per heavy atom. The highest BCUT2D eigenvalue weighted by Crippen LogP contribution is 2.40. The summed E-state index contributed by atoms with van der Waals surface area (Å²) in [7, 11) is 0. The number of benzene rings is 2. The van der Waals surface area contributed by atoms with E-state index in [9.17, 15) is 4.79 Å². The van der Waals surface area contributed by atoms with Crippen LogP contribution in [0.3, 0.4) is 0 Å². The maximum absolute atomic E-state index is 12.6. The zero-order valence-corrected chi connectivity index (χ0v) is 18.2. The van der Waals surface area contributed by atoms with Crippen molar-refractivity contribution < 1.29 is 9.53 Å². The van der Waals surface area contributed by atoms with Crippen molar-refractivity contribution in [2.24, 2.45) is 0 Å². The van der Waals surface area contributed by atoms with Crippen molar-refractivity contribution in [3.05, 3.63) is 81.8 Å². The Balaban J connectivity index is 1.29. The molecule has 1 aliphatic rings. The molecule has 30 heavy (non-hydrogen) atoms. The number of nitrogens with one attached hydrogen (secondary N) is 1. The summed E-state index contributed by atoms with van der Waals surface area (Å²) in [6.45, 7) is 3.17. The van der Waals surface area contributed by atoms with Gasteiger partial charge in [0, 0.05) is 17.3 Å². The van der Waals surface area contributed by atoms with Crippen molar-refractivity contribution in [1.29, 1.82) is 0 Å². The quantitative estimate of drug-likeness (QED) is 0.545. The Kier molecular flexibility index (Phi) is 6.48. The van der Waals surface area contributed by atoms with Crippen LogP contribution in [0.15, 0.2) is 60.0 Å². The standard InChI is InChI=1S/C25H28N2O2S/c1-19-9-11-22(12-10-19)29-16-24-27-21(17-30-24)15-23(28)26-18-25(13-5-6-14-25)20-7-3-2-4-8-20/h2-4,7-12,17H,5-6,13-16,18H2,1H3,(H,26,28). The molecule has 0 saturated heterocycles. The molecule has 0 bridgehead atoms. The molecule has 3 aromatic rings. The topological polar surface area (TPSA) is 51.2 Å². The molecule has 0 atom stereocenters. The van der Waals surface area contributed by atoms with E-state index in [4.69, 9.17) is 4.74 Å². The minimum Gasteiger partial charge on any atom is -0.486 e. The lowest BCUT2D eigenvalue weighted by molar-refractivity contribution is -0.120. The van der Waals surface area contributed by atoms with Crippen LogP contribution in [0.1, 0.15) is 47.5 Å². The minimum absolute atomic E-state index is 0.0357. The van der Waals surface area contributed by atoms with E-state index in [1.165, 1.54) is 35.3 Å².